The molecule has 0 aliphatic carbocycles. The van der Waals surface area contributed by atoms with E-state index in [1.165, 1.54) is 19.1 Å². The van der Waals surface area contributed by atoms with E-state index < -0.39 is 0 Å². The molecule has 0 aromatic heterocycles. The number of ether oxygens (including phenoxy) is 2. The number of methoxy groups -OCH3 is 2. The third-order valence-corrected chi connectivity index (χ3v) is 5.79. The van der Waals surface area contributed by atoms with Crippen LogP contribution in [0.3, 0.4) is 0 Å². The largest absolute Gasteiger partial charge is 0.497 e. The lowest BCUT2D eigenvalue weighted by Gasteiger charge is -2.32. The molecule has 1 aliphatic heterocycles. The highest BCUT2D eigenvalue weighted by molar-refractivity contribution is 5.89. The fraction of sp³-hybridized carbons (Fsp3) is 0.440. The Morgan fingerprint density at radius 1 is 1.10 bits per heavy atom. The highest BCUT2D eigenvalue weighted by Gasteiger charge is 2.21. The number of piperidine rings is 1. The van der Waals surface area contributed by atoms with Crippen LogP contribution in [0.1, 0.15) is 47.2 Å². The SMILES string of the molecule is COC(=O)c1ccc(CN2CCCC(CCC(=O)NCc3cccc(OC)c3)C2)cc1. The van der Waals surface area contributed by atoms with Crippen molar-refractivity contribution in [2.75, 3.05) is 27.3 Å². The summed E-state index contributed by atoms with van der Waals surface area (Å²) in [5.74, 6) is 1.12. The van der Waals surface area contributed by atoms with Crippen molar-refractivity contribution in [3.63, 3.8) is 0 Å². The zero-order valence-electron chi connectivity index (χ0n) is 18.4. The minimum Gasteiger partial charge on any atom is -0.497 e. The summed E-state index contributed by atoms with van der Waals surface area (Å²) in [6, 6.07) is 15.4. The molecule has 1 unspecified atom stereocenters. The Balaban J connectivity index is 1.41. The van der Waals surface area contributed by atoms with Crippen LogP contribution in [0.25, 0.3) is 0 Å². The predicted molar refractivity (Wildman–Crippen MR) is 120 cm³/mol. The quantitative estimate of drug-likeness (QED) is 0.621. The number of rotatable bonds is 9. The summed E-state index contributed by atoms with van der Waals surface area (Å²) < 4.78 is 9.98. The van der Waals surface area contributed by atoms with Gasteiger partial charge < -0.3 is 14.8 Å². The highest BCUT2D eigenvalue weighted by atomic mass is 16.5. The van der Waals surface area contributed by atoms with Crippen LogP contribution in [0.5, 0.6) is 5.75 Å². The number of amides is 1. The van der Waals surface area contributed by atoms with Crippen LogP contribution in [-0.4, -0.2) is 44.1 Å². The third kappa shape index (κ3) is 7.10. The van der Waals surface area contributed by atoms with Crippen molar-refractivity contribution in [3.8, 4) is 5.75 Å². The lowest BCUT2D eigenvalue weighted by Crippen LogP contribution is -2.35. The molecular weight excluding hydrogens is 392 g/mol. The Morgan fingerprint density at radius 2 is 1.90 bits per heavy atom. The lowest BCUT2D eigenvalue weighted by molar-refractivity contribution is -0.121. The van der Waals surface area contributed by atoms with Crippen LogP contribution in [0.15, 0.2) is 48.5 Å². The number of nitrogens with zero attached hydrogens (tertiary/aromatic N) is 1. The summed E-state index contributed by atoms with van der Waals surface area (Å²) >= 11 is 0. The second-order valence-electron chi connectivity index (χ2n) is 8.10. The average Bonchev–Trinajstić information content (AvgIpc) is 2.81. The van der Waals surface area contributed by atoms with E-state index in [2.05, 4.69) is 10.2 Å². The summed E-state index contributed by atoms with van der Waals surface area (Å²) in [4.78, 5) is 26.3. The molecule has 6 nitrogen and oxygen atoms in total. The molecule has 6 heteroatoms. The first-order chi connectivity index (χ1) is 15.1. The molecule has 2 aromatic carbocycles. The minimum absolute atomic E-state index is 0.0957. The number of hydrogen-bond acceptors (Lipinski definition) is 5. The van der Waals surface area contributed by atoms with Crippen molar-refractivity contribution in [1.29, 1.82) is 0 Å². The molecule has 1 fully saturated rings. The van der Waals surface area contributed by atoms with Gasteiger partial charge in [-0.3, -0.25) is 9.69 Å². The minimum atomic E-state index is -0.311. The Bertz CT molecular complexity index is 866. The number of likely N-dealkylation sites (tertiary alicyclic amines) is 1. The monoisotopic (exact) mass is 424 g/mol. The van der Waals surface area contributed by atoms with Crippen molar-refractivity contribution in [2.45, 2.75) is 38.8 Å². The van der Waals surface area contributed by atoms with Crippen LogP contribution >= 0.6 is 0 Å². The molecule has 1 aliphatic rings. The molecule has 1 amide bonds. The van der Waals surface area contributed by atoms with Crippen molar-refractivity contribution < 1.29 is 19.1 Å². The standard InChI is InChI=1S/C25H32N2O4/c1-30-23-7-3-5-21(15-23)16-26-24(28)13-10-19-6-4-14-27(17-19)18-20-8-11-22(12-9-20)25(29)31-2/h3,5,7-9,11-12,15,19H,4,6,10,13-14,16-18H2,1-2H3,(H,26,28). The Kier molecular flexibility index (Phi) is 8.47. The number of hydrogen-bond donors (Lipinski definition) is 1. The molecule has 1 atom stereocenters. The van der Waals surface area contributed by atoms with E-state index in [4.69, 9.17) is 9.47 Å². The van der Waals surface area contributed by atoms with Gasteiger partial charge in [-0.15, -0.1) is 0 Å². The number of carbonyl (C=O) groups excluding carboxylic acids is 2. The molecule has 0 spiro atoms. The number of esters is 1. The lowest BCUT2D eigenvalue weighted by atomic mass is 9.93. The maximum Gasteiger partial charge on any atom is 0.337 e. The summed E-state index contributed by atoms with van der Waals surface area (Å²) in [5.41, 5.74) is 2.79. The van der Waals surface area contributed by atoms with Crippen LogP contribution < -0.4 is 10.1 Å². The van der Waals surface area contributed by atoms with Gasteiger partial charge in [0.15, 0.2) is 0 Å². The number of carbonyl (C=O) groups is 2. The van der Waals surface area contributed by atoms with Gasteiger partial charge in [0.2, 0.25) is 5.91 Å². The Hall–Kier alpha value is -2.86. The molecule has 2 aromatic rings. The Morgan fingerprint density at radius 3 is 2.65 bits per heavy atom. The van der Waals surface area contributed by atoms with Crippen LogP contribution in [0.4, 0.5) is 0 Å². The van der Waals surface area contributed by atoms with E-state index >= 15 is 0 Å². The van der Waals surface area contributed by atoms with Crippen LogP contribution in [-0.2, 0) is 22.6 Å². The molecule has 1 N–H and O–H groups in total. The first-order valence-corrected chi connectivity index (χ1v) is 10.9. The third-order valence-electron chi connectivity index (χ3n) is 5.79. The zero-order chi connectivity index (χ0) is 22.1. The fourth-order valence-corrected chi connectivity index (χ4v) is 4.06. The molecule has 166 valence electrons. The molecular formula is C25H32N2O4. The van der Waals surface area contributed by atoms with Gasteiger partial charge in [0.25, 0.3) is 0 Å². The van der Waals surface area contributed by atoms with E-state index in [0.29, 0.717) is 24.4 Å². The molecule has 1 saturated heterocycles. The van der Waals surface area contributed by atoms with Crippen molar-refractivity contribution >= 4 is 11.9 Å². The molecule has 3 rings (SSSR count). The first-order valence-electron chi connectivity index (χ1n) is 10.9. The molecule has 0 saturated carbocycles. The molecule has 0 bridgehead atoms. The van der Waals surface area contributed by atoms with Crippen LogP contribution in [0.2, 0.25) is 0 Å². The van der Waals surface area contributed by atoms with Gasteiger partial charge in [0.1, 0.15) is 5.75 Å². The van der Waals surface area contributed by atoms with Gasteiger partial charge in [0, 0.05) is 26.1 Å². The van der Waals surface area contributed by atoms with E-state index in [0.717, 1.165) is 43.8 Å². The summed E-state index contributed by atoms with van der Waals surface area (Å²) in [6.07, 6.45) is 3.77. The average molecular weight is 425 g/mol. The maximum absolute atomic E-state index is 12.3. The summed E-state index contributed by atoms with van der Waals surface area (Å²) in [7, 11) is 3.03. The second kappa shape index (κ2) is 11.5. The highest BCUT2D eigenvalue weighted by Crippen LogP contribution is 2.23. The van der Waals surface area contributed by atoms with E-state index in [1.54, 1.807) is 7.11 Å². The summed E-state index contributed by atoms with van der Waals surface area (Å²) in [5, 5.41) is 3.01. The molecule has 0 radical (unpaired) electrons. The topological polar surface area (TPSA) is 67.9 Å². The van der Waals surface area contributed by atoms with Gasteiger partial charge >= 0.3 is 5.97 Å². The molecule has 1 heterocycles. The van der Waals surface area contributed by atoms with E-state index in [9.17, 15) is 9.59 Å². The van der Waals surface area contributed by atoms with Crippen molar-refractivity contribution in [3.05, 3.63) is 65.2 Å². The normalized spacial score (nSPS) is 16.5. The van der Waals surface area contributed by atoms with Gasteiger partial charge in [-0.2, -0.15) is 0 Å². The van der Waals surface area contributed by atoms with Gasteiger partial charge in [-0.25, -0.2) is 4.79 Å². The predicted octanol–water partition coefficient (Wildman–Crippen LogP) is 3.79. The van der Waals surface area contributed by atoms with Gasteiger partial charge in [-0.1, -0.05) is 24.3 Å². The zero-order valence-corrected chi connectivity index (χ0v) is 18.4. The molecule has 31 heavy (non-hydrogen) atoms. The fourth-order valence-electron chi connectivity index (χ4n) is 4.06. The smallest absolute Gasteiger partial charge is 0.337 e. The van der Waals surface area contributed by atoms with E-state index in [1.807, 2.05) is 48.5 Å². The van der Waals surface area contributed by atoms with E-state index in [-0.39, 0.29) is 11.9 Å². The Labute approximate surface area is 184 Å². The number of nitrogens with one attached hydrogen (secondary N) is 1. The number of benzene rings is 2. The van der Waals surface area contributed by atoms with Crippen molar-refractivity contribution in [2.24, 2.45) is 5.92 Å². The van der Waals surface area contributed by atoms with Crippen LogP contribution in [0, 0.1) is 5.92 Å². The van der Waals surface area contributed by atoms with Crippen molar-refractivity contribution in [1.82, 2.24) is 10.2 Å². The summed E-state index contributed by atoms with van der Waals surface area (Å²) in [6.45, 7) is 3.45. The maximum atomic E-state index is 12.3. The first kappa shape index (κ1) is 22.8. The second-order valence-corrected chi connectivity index (χ2v) is 8.10. The van der Waals surface area contributed by atoms with Gasteiger partial charge in [-0.05, 0) is 67.1 Å². The van der Waals surface area contributed by atoms with Gasteiger partial charge in [0.05, 0.1) is 19.8 Å².